The molecule has 0 aromatic carbocycles. The molecule has 0 unspecified atom stereocenters. The summed E-state index contributed by atoms with van der Waals surface area (Å²) in [7, 11) is 0. The van der Waals surface area contributed by atoms with Crippen molar-refractivity contribution in [3.05, 3.63) is 40.2 Å². The molecular weight excluding hydrogens is 304 g/mol. The minimum absolute atomic E-state index is 0.00189. The third-order valence-corrected chi connectivity index (χ3v) is 6.67. The molecule has 1 aliphatic heterocycles. The van der Waals surface area contributed by atoms with Crippen LogP contribution < -0.4 is 0 Å². The van der Waals surface area contributed by atoms with E-state index >= 15 is 0 Å². The van der Waals surface area contributed by atoms with Crippen molar-refractivity contribution in [2.24, 2.45) is 11.8 Å². The number of rotatable bonds is 0. The highest BCUT2D eigenvalue weighted by Gasteiger charge is 2.68. The van der Waals surface area contributed by atoms with Gasteiger partial charge < -0.3 is 14.3 Å². The molecule has 3 aliphatic carbocycles. The molecule has 0 bridgehead atoms. The second-order valence-electron chi connectivity index (χ2n) is 8.07. The average Bonchev–Trinajstić information content (AvgIpc) is 3.09. The Kier molecular flexibility index (Phi) is 2.56. The van der Waals surface area contributed by atoms with Gasteiger partial charge in [-0.15, -0.1) is 0 Å². The first-order valence-corrected chi connectivity index (χ1v) is 8.78. The lowest BCUT2D eigenvalue weighted by atomic mass is 9.65. The van der Waals surface area contributed by atoms with Crippen molar-refractivity contribution in [1.82, 2.24) is 0 Å². The molecule has 1 aromatic rings. The molecule has 4 aliphatic rings. The number of epoxide rings is 1. The predicted octanol–water partition coefficient (Wildman–Crippen LogP) is 3.57. The monoisotopic (exact) mass is 326 g/mol. The zero-order valence-corrected chi connectivity index (χ0v) is 14.3. The van der Waals surface area contributed by atoms with Crippen LogP contribution in [-0.2, 0) is 16.0 Å². The highest BCUT2D eigenvalue weighted by atomic mass is 16.6. The van der Waals surface area contributed by atoms with Crippen LogP contribution in [-0.4, -0.2) is 22.6 Å². The Morgan fingerprint density at radius 3 is 2.83 bits per heavy atom. The maximum Gasteiger partial charge on any atom is 0.285 e. The molecular formula is C20H22O4. The smallest absolute Gasteiger partial charge is 0.285 e. The standard InChI is InChI=1S/C20H22O4/c1-8-5-6-12-14(10(3)19(22)23-12)16-13(8)15-11(7-9(2)17(15)21)18-20(16,4)24-18/h9,13,16,18,22H,1,5-7H2,2-4H3/t9-,13+,16+,18-,20+/m0/s1. The van der Waals surface area contributed by atoms with Crippen molar-refractivity contribution in [1.29, 1.82) is 0 Å². The number of carbonyl (C=O) groups excluding carboxylic acids is 1. The molecule has 1 aromatic heterocycles. The van der Waals surface area contributed by atoms with Gasteiger partial charge >= 0.3 is 0 Å². The molecule has 5 rings (SSSR count). The first-order chi connectivity index (χ1) is 11.3. The normalized spacial score (nSPS) is 40.0. The lowest BCUT2D eigenvalue weighted by molar-refractivity contribution is -0.118. The van der Waals surface area contributed by atoms with Crippen molar-refractivity contribution < 1.29 is 19.1 Å². The molecule has 1 saturated heterocycles. The van der Waals surface area contributed by atoms with E-state index in [0.29, 0.717) is 0 Å². The van der Waals surface area contributed by atoms with Crippen LogP contribution in [0.25, 0.3) is 0 Å². The molecule has 0 amide bonds. The zero-order chi connectivity index (χ0) is 17.0. The van der Waals surface area contributed by atoms with Crippen LogP contribution in [0.2, 0.25) is 0 Å². The van der Waals surface area contributed by atoms with Crippen LogP contribution >= 0.6 is 0 Å². The summed E-state index contributed by atoms with van der Waals surface area (Å²) in [6.07, 6.45) is 2.33. The van der Waals surface area contributed by atoms with Gasteiger partial charge in [-0.25, -0.2) is 0 Å². The lowest BCUT2D eigenvalue weighted by Gasteiger charge is -2.35. The van der Waals surface area contributed by atoms with E-state index in [4.69, 9.17) is 9.15 Å². The summed E-state index contributed by atoms with van der Waals surface area (Å²) >= 11 is 0. The van der Waals surface area contributed by atoms with Gasteiger partial charge in [0.05, 0.1) is 0 Å². The molecule has 5 atom stereocenters. The molecule has 2 heterocycles. The van der Waals surface area contributed by atoms with Gasteiger partial charge in [-0.1, -0.05) is 19.1 Å². The van der Waals surface area contributed by atoms with Crippen molar-refractivity contribution in [3.63, 3.8) is 0 Å². The van der Waals surface area contributed by atoms with Crippen molar-refractivity contribution in [2.75, 3.05) is 0 Å². The molecule has 0 radical (unpaired) electrons. The largest absolute Gasteiger partial charge is 0.481 e. The maximum absolute atomic E-state index is 12.9. The first-order valence-electron chi connectivity index (χ1n) is 8.78. The zero-order valence-electron chi connectivity index (χ0n) is 14.3. The van der Waals surface area contributed by atoms with Gasteiger partial charge in [0.2, 0.25) is 0 Å². The molecule has 24 heavy (non-hydrogen) atoms. The van der Waals surface area contributed by atoms with E-state index in [1.54, 1.807) is 0 Å². The molecule has 4 nitrogen and oxygen atoms in total. The second kappa shape index (κ2) is 4.23. The second-order valence-corrected chi connectivity index (χ2v) is 8.07. The van der Waals surface area contributed by atoms with Crippen molar-refractivity contribution in [2.45, 2.75) is 57.7 Å². The summed E-state index contributed by atoms with van der Waals surface area (Å²) in [4.78, 5) is 12.9. The van der Waals surface area contributed by atoms with Gasteiger partial charge in [0.15, 0.2) is 5.78 Å². The quantitative estimate of drug-likeness (QED) is 0.585. The van der Waals surface area contributed by atoms with Crippen LogP contribution in [0.15, 0.2) is 27.7 Å². The van der Waals surface area contributed by atoms with E-state index in [1.165, 1.54) is 5.57 Å². The summed E-state index contributed by atoms with van der Waals surface area (Å²) in [6.45, 7) is 10.4. The van der Waals surface area contributed by atoms with Crippen LogP contribution in [0.4, 0.5) is 0 Å². The number of ketones is 1. The Bertz CT molecular complexity index is 842. The number of carbonyl (C=O) groups is 1. The number of hydrogen-bond acceptors (Lipinski definition) is 4. The Hall–Kier alpha value is -1.81. The molecule has 1 fully saturated rings. The van der Waals surface area contributed by atoms with Crippen LogP contribution in [0, 0.1) is 18.8 Å². The van der Waals surface area contributed by atoms with E-state index in [0.717, 1.165) is 47.3 Å². The predicted molar refractivity (Wildman–Crippen MR) is 87.9 cm³/mol. The third-order valence-electron chi connectivity index (χ3n) is 6.67. The van der Waals surface area contributed by atoms with Gasteiger partial charge in [-0.3, -0.25) is 4.79 Å². The third kappa shape index (κ3) is 1.51. The molecule has 0 saturated carbocycles. The highest BCUT2D eigenvalue weighted by Crippen LogP contribution is 2.66. The van der Waals surface area contributed by atoms with Crippen LogP contribution in [0.1, 0.15) is 49.5 Å². The number of aryl methyl sites for hydroxylation is 1. The summed E-state index contributed by atoms with van der Waals surface area (Å²) in [6, 6.07) is 0. The number of aromatic hydroxyl groups is 1. The lowest BCUT2D eigenvalue weighted by Crippen LogP contribution is -2.36. The summed E-state index contributed by atoms with van der Waals surface area (Å²) < 4.78 is 11.8. The minimum atomic E-state index is -0.322. The number of allylic oxidation sites excluding steroid dienone is 2. The van der Waals surface area contributed by atoms with E-state index in [9.17, 15) is 9.90 Å². The van der Waals surface area contributed by atoms with Crippen LogP contribution in [0.3, 0.4) is 0 Å². The molecule has 4 heteroatoms. The maximum atomic E-state index is 12.9. The van der Waals surface area contributed by atoms with Gasteiger partial charge in [-0.05, 0) is 32.3 Å². The summed E-state index contributed by atoms with van der Waals surface area (Å²) in [5, 5.41) is 10.1. The Labute approximate surface area is 141 Å². The van der Waals surface area contributed by atoms with Gasteiger partial charge in [0, 0.05) is 40.9 Å². The van der Waals surface area contributed by atoms with E-state index in [2.05, 4.69) is 13.5 Å². The summed E-state index contributed by atoms with van der Waals surface area (Å²) in [5.74, 6) is 1.11. The number of ether oxygens (including phenoxy) is 1. The van der Waals surface area contributed by atoms with E-state index < -0.39 is 0 Å². The van der Waals surface area contributed by atoms with Crippen LogP contribution in [0.5, 0.6) is 5.95 Å². The fourth-order valence-electron chi connectivity index (χ4n) is 5.42. The Balaban J connectivity index is 1.77. The number of fused-ring (bicyclic) bond motifs is 7. The van der Waals surface area contributed by atoms with E-state index in [1.807, 2.05) is 13.8 Å². The van der Waals surface area contributed by atoms with Crippen molar-refractivity contribution in [3.8, 4) is 5.95 Å². The summed E-state index contributed by atoms with van der Waals surface area (Å²) in [5.41, 5.74) is 4.75. The highest BCUT2D eigenvalue weighted by molar-refractivity contribution is 6.02. The first kappa shape index (κ1) is 14.5. The van der Waals surface area contributed by atoms with E-state index in [-0.39, 0.29) is 41.2 Å². The molecule has 0 spiro atoms. The van der Waals surface area contributed by atoms with Crippen molar-refractivity contribution >= 4 is 5.78 Å². The fourth-order valence-corrected chi connectivity index (χ4v) is 5.42. The fraction of sp³-hybridized carbons (Fsp3) is 0.550. The van der Waals surface area contributed by atoms with Gasteiger partial charge in [0.25, 0.3) is 5.95 Å². The Morgan fingerprint density at radius 2 is 2.08 bits per heavy atom. The molecule has 1 N–H and O–H groups in total. The number of Topliss-reactive ketones (excluding diaryl/α,β-unsaturated/α-hetero) is 1. The molecule has 126 valence electrons. The Morgan fingerprint density at radius 1 is 1.33 bits per heavy atom. The number of hydrogen-bond donors (Lipinski definition) is 1. The number of furan rings is 1. The average molecular weight is 326 g/mol. The topological polar surface area (TPSA) is 63.0 Å². The van der Waals surface area contributed by atoms with Gasteiger partial charge in [0.1, 0.15) is 17.5 Å². The minimum Gasteiger partial charge on any atom is -0.481 e. The van der Waals surface area contributed by atoms with Gasteiger partial charge in [-0.2, -0.15) is 0 Å². The SMILES string of the molecule is C=C1CCc2oc(O)c(C)c2[C@H]2[C@H]1C1=C(C[C@H](C)C1=O)[C@@H]1O[C@@]12C.